The van der Waals surface area contributed by atoms with Gasteiger partial charge in [0.2, 0.25) is 5.91 Å². The van der Waals surface area contributed by atoms with Crippen LogP contribution in [0.1, 0.15) is 6.92 Å². The second-order valence-corrected chi connectivity index (χ2v) is 2.87. The summed E-state index contributed by atoms with van der Waals surface area (Å²) in [5.41, 5.74) is 1.75. The number of ether oxygens (including phenoxy) is 1. The third-order valence-corrected chi connectivity index (χ3v) is 1.63. The fourth-order valence-corrected chi connectivity index (χ4v) is 1.03. The molecule has 0 unspecified atom stereocenters. The molecule has 0 radical (unpaired) electrons. The van der Waals surface area contributed by atoms with Gasteiger partial charge in [-0.05, 0) is 24.3 Å². The van der Waals surface area contributed by atoms with Crippen LogP contribution in [0.15, 0.2) is 24.3 Å². The molecule has 0 saturated carbocycles. The summed E-state index contributed by atoms with van der Waals surface area (Å²) in [4.78, 5) is 10.7. The summed E-state index contributed by atoms with van der Waals surface area (Å²) in [6, 6.07) is 7.42. The number of rotatable bonds is 4. The third-order valence-electron chi connectivity index (χ3n) is 1.63. The van der Waals surface area contributed by atoms with Gasteiger partial charge in [-0.2, -0.15) is 0 Å². The standard InChI is InChI=1S/C10H14N2O2/c1-8(13)12-10-5-3-9(4-6-10)11-7-14-2/h3-6,11H,7H2,1-2H3,(H,12,13). The van der Waals surface area contributed by atoms with E-state index in [0.717, 1.165) is 11.4 Å². The van der Waals surface area contributed by atoms with Crippen LogP contribution in [0.5, 0.6) is 0 Å². The Morgan fingerprint density at radius 1 is 1.29 bits per heavy atom. The largest absolute Gasteiger partial charge is 0.365 e. The summed E-state index contributed by atoms with van der Waals surface area (Å²) in [5.74, 6) is -0.0670. The fraction of sp³-hybridized carbons (Fsp3) is 0.300. The molecule has 1 aromatic rings. The number of carbonyl (C=O) groups excluding carboxylic acids is 1. The maximum absolute atomic E-state index is 10.7. The number of methoxy groups -OCH3 is 1. The molecule has 2 N–H and O–H groups in total. The first-order chi connectivity index (χ1) is 6.72. The predicted octanol–water partition coefficient (Wildman–Crippen LogP) is 1.66. The van der Waals surface area contributed by atoms with Crippen molar-refractivity contribution < 1.29 is 9.53 Å². The van der Waals surface area contributed by atoms with Crippen LogP contribution in [0.3, 0.4) is 0 Å². The summed E-state index contributed by atoms with van der Waals surface area (Å²) < 4.78 is 4.86. The Kier molecular flexibility index (Phi) is 3.94. The van der Waals surface area contributed by atoms with E-state index in [4.69, 9.17) is 4.74 Å². The fourth-order valence-electron chi connectivity index (χ4n) is 1.03. The minimum Gasteiger partial charge on any atom is -0.365 e. The van der Waals surface area contributed by atoms with E-state index in [1.165, 1.54) is 6.92 Å². The van der Waals surface area contributed by atoms with E-state index < -0.39 is 0 Å². The molecule has 14 heavy (non-hydrogen) atoms. The molecule has 76 valence electrons. The average molecular weight is 194 g/mol. The van der Waals surface area contributed by atoms with Gasteiger partial charge in [-0.15, -0.1) is 0 Å². The maximum atomic E-state index is 10.7. The van der Waals surface area contributed by atoms with Gasteiger partial charge in [0.15, 0.2) is 0 Å². The molecule has 0 aliphatic heterocycles. The molecular formula is C10H14N2O2. The van der Waals surface area contributed by atoms with Crippen LogP contribution >= 0.6 is 0 Å². The third kappa shape index (κ3) is 3.45. The molecule has 0 heterocycles. The average Bonchev–Trinajstić information content (AvgIpc) is 2.16. The lowest BCUT2D eigenvalue weighted by Gasteiger charge is -2.06. The molecule has 4 nitrogen and oxygen atoms in total. The Balaban J connectivity index is 2.54. The summed E-state index contributed by atoms with van der Waals surface area (Å²) in [7, 11) is 1.62. The van der Waals surface area contributed by atoms with Crippen molar-refractivity contribution in [2.45, 2.75) is 6.92 Å². The smallest absolute Gasteiger partial charge is 0.221 e. The molecule has 0 aliphatic rings. The quantitative estimate of drug-likeness (QED) is 0.717. The molecule has 4 heteroatoms. The highest BCUT2D eigenvalue weighted by molar-refractivity contribution is 5.88. The van der Waals surface area contributed by atoms with Crippen molar-refractivity contribution in [3.63, 3.8) is 0 Å². The van der Waals surface area contributed by atoms with E-state index in [1.54, 1.807) is 7.11 Å². The molecule has 0 aromatic heterocycles. The van der Waals surface area contributed by atoms with Crippen LogP contribution in [0.2, 0.25) is 0 Å². The van der Waals surface area contributed by atoms with Crippen LogP contribution in [-0.2, 0) is 9.53 Å². The molecule has 0 fully saturated rings. The van der Waals surface area contributed by atoms with Crippen LogP contribution in [0.25, 0.3) is 0 Å². The zero-order chi connectivity index (χ0) is 10.4. The molecule has 0 bridgehead atoms. The lowest BCUT2D eigenvalue weighted by molar-refractivity contribution is -0.114. The summed E-state index contributed by atoms with van der Waals surface area (Å²) >= 11 is 0. The maximum Gasteiger partial charge on any atom is 0.221 e. The van der Waals surface area contributed by atoms with E-state index in [2.05, 4.69) is 10.6 Å². The van der Waals surface area contributed by atoms with Gasteiger partial charge < -0.3 is 15.4 Å². The van der Waals surface area contributed by atoms with Gasteiger partial charge in [0.05, 0.1) is 0 Å². The molecule has 0 saturated heterocycles. The molecule has 0 spiro atoms. The molecular weight excluding hydrogens is 180 g/mol. The van der Waals surface area contributed by atoms with E-state index >= 15 is 0 Å². The first-order valence-electron chi connectivity index (χ1n) is 4.33. The van der Waals surface area contributed by atoms with E-state index in [9.17, 15) is 4.79 Å². The number of anilines is 2. The Morgan fingerprint density at radius 2 is 1.86 bits per heavy atom. The van der Waals surface area contributed by atoms with Gasteiger partial charge in [0.1, 0.15) is 6.73 Å². The van der Waals surface area contributed by atoms with Crippen molar-refractivity contribution in [1.82, 2.24) is 0 Å². The number of carbonyl (C=O) groups is 1. The predicted molar refractivity (Wildman–Crippen MR) is 56.2 cm³/mol. The Morgan fingerprint density at radius 3 is 2.36 bits per heavy atom. The highest BCUT2D eigenvalue weighted by atomic mass is 16.5. The van der Waals surface area contributed by atoms with Crippen molar-refractivity contribution in [3.8, 4) is 0 Å². The van der Waals surface area contributed by atoms with Crippen molar-refractivity contribution in [3.05, 3.63) is 24.3 Å². The zero-order valence-electron chi connectivity index (χ0n) is 8.33. The Labute approximate surface area is 83.3 Å². The minimum absolute atomic E-state index is 0.0670. The molecule has 1 rings (SSSR count). The van der Waals surface area contributed by atoms with Crippen molar-refractivity contribution in [1.29, 1.82) is 0 Å². The lowest BCUT2D eigenvalue weighted by Crippen LogP contribution is -2.06. The number of benzene rings is 1. The van der Waals surface area contributed by atoms with Crippen LogP contribution in [-0.4, -0.2) is 19.7 Å². The van der Waals surface area contributed by atoms with Gasteiger partial charge >= 0.3 is 0 Å². The lowest BCUT2D eigenvalue weighted by atomic mass is 10.3. The minimum atomic E-state index is -0.0670. The van der Waals surface area contributed by atoms with Gasteiger partial charge in [0, 0.05) is 25.4 Å². The zero-order valence-corrected chi connectivity index (χ0v) is 8.33. The van der Waals surface area contributed by atoms with Crippen LogP contribution in [0.4, 0.5) is 11.4 Å². The number of hydrogen-bond acceptors (Lipinski definition) is 3. The number of hydrogen-bond donors (Lipinski definition) is 2. The molecule has 0 aliphatic carbocycles. The Bertz CT molecular complexity index is 295. The van der Waals surface area contributed by atoms with Crippen molar-refractivity contribution in [2.75, 3.05) is 24.5 Å². The van der Waals surface area contributed by atoms with Gasteiger partial charge in [-0.3, -0.25) is 4.79 Å². The van der Waals surface area contributed by atoms with E-state index in [1.807, 2.05) is 24.3 Å². The first kappa shape index (κ1) is 10.5. The van der Waals surface area contributed by atoms with Gasteiger partial charge in [-0.1, -0.05) is 0 Å². The summed E-state index contributed by atoms with van der Waals surface area (Å²) in [6.07, 6.45) is 0. The van der Waals surface area contributed by atoms with Gasteiger partial charge in [-0.25, -0.2) is 0 Å². The Hall–Kier alpha value is -1.55. The second kappa shape index (κ2) is 5.24. The topological polar surface area (TPSA) is 50.4 Å². The van der Waals surface area contributed by atoms with E-state index in [-0.39, 0.29) is 5.91 Å². The molecule has 1 amide bonds. The molecule has 1 aromatic carbocycles. The summed E-state index contributed by atoms with van der Waals surface area (Å²) in [6.45, 7) is 1.95. The van der Waals surface area contributed by atoms with Crippen LogP contribution in [0, 0.1) is 0 Å². The van der Waals surface area contributed by atoms with Gasteiger partial charge in [0.25, 0.3) is 0 Å². The van der Waals surface area contributed by atoms with Crippen molar-refractivity contribution in [2.24, 2.45) is 0 Å². The van der Waals surface area contributed by atoms with E-state index in [0.29, 0.717) is 6.73 Å². The molecule has 0 atom stereocenters. The summed E-state index contributed by atoms with van der Waals surface area (Å²) in [5, 5.41) is 5.73. The second-order valence-electron chi connectivity index (χ2n) is 2.87. The van der Waals surface area contributed by atoms with Crippen LogP contribution < -0.4 is 10.6 Å². The highest BCUT2D eigenvalue weighted by Crippen LogP contribution is 2.12. The SMILES string of the molecule is COCNc1ccc(NC(C)=O)cc1. The monoisotopic (exact) mass is 194 g/mol. The number of amides is 1. The number of nitrogens with one attached hydrogen (secondary N) is 2. The van der Waals surface area contributed by atoms with Crippen molar-refractivity contribution >= 4 is 17.3 Å². The first-order valence-corrected chi connectivity index (χ1v) is 4.33. The normalized spacial score (nSPS) is 9.57. The highest BCUT2D eigenvalue weighted by Gasteiger charge is 1.95.